The number of carboxylic acid groups (broad SMARTS) is 1. The Morgan fingerprint density at radius 2 is 1.65 bits per heavy atom. The molecule has 0 bridgehead atoms. The maximum absolute atomic E-state index is 11.3. The molecular formula is C14H9Cl3O3. The van der Waals surface area contributed by atoms with Gasteiger partial charge in [-0.1, -0.05) is 46.9 Å². The molecule has 1 atom stereocenters. The van der Waals surface area contributed by atoms with Gasteiger partial charge in [-0.25, -0.2) is 4.79 Å². The van der Waals surface area contributed by atoms with Crippen LogP contribution in [0.1, 0.15) is 11.7 Å². The zero-order valence-corrected chi connectivity index (χ0v) is 12.3. The van der Waals surface area contributed by atoms with E-state index in [1.807, 2.05) is 0 Å². The van der Waals surface area contributed by atoms with Crippen LogP contribution < -0.4 is 4.74 Å². The van der Waals surface area contributed by atoms with Crippen molar-refractivity contribution in [2.75, 3.05) is 0 Å². The second-order valence-electron chi connectivity index (χ2n) is 3.96. The van der Waals surface area contributed by atoms with Crippen LogP contribution in [0.4, 0.5) is 0 Å². The lowest BCUT2D eigenvalue weighted by Gasteiger charge is -2.16. The third-order valence-electron chi connectivity index (χ3n) is 2.54. The molecule has 104 valence electrons. The first kappa shape index (κ1) is 15.0. The Hall–Kier alpha value is -1.42. The second-order valence-corrected chi connectivity index (χ2v) is 5.21. The molecule has 0 aromatic heterocycles. The molecule has 2 aromatic carbocycles. The van der Waals surface area contributed by atoms with Crippen LogP contribution in [-0.4, -0.2) is 11.1 Å². The number of hydrogen-bond donors (Lipinski definition) is 1. The summed E-state index contributed by atoms with van der Waals surface area (Å²) in [6, 6.07) is 11.0. The summed E-state index contributed by atoms with van der Waals surface area (Å²) in [5.41, 5.74) is 0.480. The SMILES string of the molecule is O=C(O)C(Oc1ccc(Cl)c(Cl)c1)c1ccc(Cl)cc1. The summed E-state index contributed by atoms with van der Waals surface area (Å²) >= 11 is 17.4. The number of benzene rings is 2. The fraction of sp³-hybridized carbons (Fsp3) is 0.0714. The maximum Gasteiger partial charge on any atom is 0.349 e. The zero-order chi connectivity index (χ0) is 14.7. The van der Waals surface area contributed by atoms with E-state index in [1.54, 1.807) is 36.4 Å². The predicted molar refractivity (Wildman–Crippen MR) is 78.9 cm³/mol. The summed E-state index contributed by atoms with van der Waals surface area (Å²) in [6.45, 7) is 0. The molecule has 1 N–H and O–H groups in total. The van der Waals surface area contributed by atoms with E-state index in [0.717, 1.165) is 0 Å². The lowest BCUT2D eigenvalue weighted by atomic mass is 10.1. The Morgan fingerprint density at radius 3 is 2.20 bits per heavy atom. The molecule has 20 heavy (non-hydrogen) atoms. The predicted octanol–water partition coefficient (Wildman–Crippen LogP) is 4.85. The number of rotatable bonds is 4. The molecule has 0 aliphatic heterocycles. The van der Waals surface area contributed by atoms with Crippen LogP contribution in [0.5, 0.6) is 5.75 Å². The van der Waals surface area contributed by atoms with Crippen molar-refractivity contribution >= 4 is 40.8 Å². The maximum atomic E-state index is 11.3. The molecule has 2 rings (SSSR count). The van der Waals surface area contributed by atoms with Gasteiger partial charge in [0.25, 0.3) is 0 Å². The summed E-state index contributed by atoms with van der Waals surface area (Å²) in [7, 11) is 0. The average molecular weight is 332 g/mol. The molecular weight excluding hydrogens is 323 g/mol. The van der Waals surface area contributed by atoms with Crippen LogP contribution in [0.25, 0.3) is 0 Å². The second kappa shape index (κ2) is 6.35. The van der Waals surface area contributed by atoms with Crippen molar-refractivity contribution in [3.05, 3.63) is 63.1 Å². The molecule has 0 heterocycles. The molecule has 6 heteroatoms. The first-order chi connectivity index (χ1) is 9.47. The van der Waals surface area contributed by atoms with Crippen LogP contribution in [0.15, 0.2) is 42.5 Å². The van der Waals surface area contributed by atoms with Gasteiger partial charge in [-0.3, -0.25) is 0 Å². The Bertz CT molecular complexity index is 626. The van der Waals surface area contributed by atoms with E-state index < -0.39 is 12.1 Å². The third-order valence-corrected chi connectivity index (χ3v) is 3.53. The number of halogens is 3. The minimum atomic E-state index is -1.15. The van der Waals surface area contributed by atoms with E-state index in [0.29, 0.717) is 26.4 Å². The van der Waals surface area contributed by atoms with Gasteiger partial charge < -0.3 is 9.84 Å². The fourth-order valence-electron chi connectivity index (χ4n) is 1.58. The standard InChI is InChI=1S/C14H9Cl3O3/c15-9-3-1-8(2-4-9)13(14(18)19)20-10-5-6-11(16)12(17)7-10/h1-7,13H,(H,18,19). The lowest BCUT2D eigenvalue weighted by Crippen LogP contribution is -2.18. The highest BCUT2D eigenvalue weighted by Gasteiger charge is 2.22. The molecule has 1 unspecified atom stereocenters. The van der Waals surface area contributed by atoms with E-state index in [-0.39, 0.29) is 0 Å². The van der Waals surface area contributed by atoms with E-state index >= 15 is 0 Å². The highest BCUT2D eigenvalue weighted by molar-refractivity contribution is 6.42. The summed E-state index contributed by atoms with van der Waals surface area (Å²) in [6.07, 6.45) is -1.15. The van der Waals surface area contributed by atoms with Gasteiger partial charge in [-0.05, 0) is 24.3 Å². The Labute approximate surface area is 130 Å². The van der Waals surface area contributed by atoms with Gasteiger partial charge in [-0.15, -0.1) is 0 Å². The fourth-order valence-corrected chi connectivity index (χ4v) is 2.00. The minimum absolute atomic E-state index is 0.296. The van der Waals surface area contributed by atoms with Crippen molar-refractivity contribution in [2.24, 2.45) is 0 Å². The summed E-state index contributed by atoms with van der Waals surface area (Å²) in [5, 5.41) is 10.5. The minimum Gasteiger partial charge on any atom is -0.478 e. The lowest BCUT2D eigenvalue weighted by molar-refractivity contribution is -0.145. The van der Waals surface area contributed by atoms with Gasteiger partial charge >= 0.3 is 5.97 Å². The van der Waals surface area contributed by atoms with E-state index in [1.165, 1.54) is 6.07 Å². The number of carboxylic acids is 1. The van der Waals surface area contributed by atoms with Gasteiger partial charge in [0.15, 0.2) is 0 Å². The van der Waals surface area contributed by atoms with E-state index in [9.17, 15) is 9.90 Å². The summed E-state index contributed by atoms with van der Waals surface area (Å²) in [4.78, 5) is 11.3. The molecule has 0 aliphatic carbocycles. The molecule has 2 aromatic rings. The smallest absolute Gasteiger partial charge is 0.349 e. The van der Waals surface area contributed by atoms with Gasteiger partial charge in [-0.2, -0.15) is 0 Å². The molecule has 0 aliphatic rings. The molecule has 0 radical (unpaired) electrons. The molecule has 0 amide bonds. The number of ether oxygens (including phenoxy) is 1. The Morgan fingerprint density at radius 1 is 1.00 bits per heavy atom. The number of aliphatic carboxylic acids is 1. The highest BCUT2D eigenvalue weighted by Crippen LogP contribution is 2.29. The Balaban J connectivity index is 2.27. The topological polar surface area (TPSA) is 46.5 Å². The number of hydrogen-bond acceptors (Lipinski definition) is 2. The Kier molecular flexibility index (Phi) is 4.76. The van der Waals surface area contributed by atoms with Gasteiger partial charge in [0, 0.05) is 16.7 Å². The van der Waals surface area contributed by atoms with E-state index in [2.05, 4.69) is 0 Å². The van der Waals surface area contributed by atoms with Crippen molar-refractivity contribution < 1.29 is 14.6 Å². The quantitative estimate of drug-likeness (QED) is 0.871. The summed E-state index contributed by atoms with van der Waals surface area (Å²) in [5.74, 6) is -0.792. The van der Waals surface area contributed by atoms with Crippen LogP contribution >= 0.6 is 34.8 Å². The van der Waals surface area contributed by atoms with Crippen molar-refractivity contribution in [1.29, 1.82) is 0 Å². The van der Waals surface area contributed by atoms with Gasteiger partial charge in [0.2, 0.25) is 6.10 Å². The molecule has 0 fully saturated rings. The zero-order valence-electron chi connectivity index (χ0n) is 10.0. The average Bonchev–Trinajstić information content (AvgIpc) is 2.41. The van der Waals surface area contributed by atoms with Crippen LogP contribution in [0.3, 0.4) is 0 Å². The number of carbonyl (C=O) groups is 1. The largest absolute Gasteiger partial charge is 0.478 e. The normalized spacial score (nSPS) is 11.9. The van der Waals surface area contributed by atoms with Gasteiger partial charge in [0.1, 0.15) is 5.75 Å². The molecule has 0 spiro atoms. The van der Waals surface area contributed by atoms with Crippen molar-refractivity contribution in [3.63, 3.8) is 0 Å². The molecule has 3 nitrogen and oxygen atoms in total. The third kappa shape index (κ3) is 3.57. The molecule has 0 saturated carbocycles. The first-order valence-corrected chi connectivity index (χ1v) is 6.71. The first-order valence-electron chi connectivity index (χ1n) is 5.57. The van der Waals surface area contributed by atoms with Crippen molar-refractivity contribution in [1.82, 2.24) is 0 Å². The molecule has 0 saturated heterocycles. The van der Waals surface area contributed by atoms with Crippen LogP contribution in [-0.2, 0) is 4.79 Å². The van der Waals surface area contributed by atoms with Crippen LogP contribution in [0, 0.1) is 0 Å². The van der Waals surface area contributed by atoms with Crippen molar-refractivity contribution in [2.45, 2.75) is 6.10 Å². The highest BCUT2D eigenvalue weighted by atomic mass is 35.5. The monoisotopic (exact) mass is 330 g/mol. The summed E-state index contributed by atoms with van der Waals surface area (Å²) < 4.78 is 5.45. The van der Waals surface area contributed by atoms with E-state index in [4.69, 9.17) is 39.5 Å². The van der Waals surface area contributed by atoms with Crippen LogP contribution in [0.2, 0.25) is 15.1 Å². The van der Waals surface area contributed by atoms with Gasteiger partial charge in [0.05, 0.1) is 10.0 Å². The van der Waals surface area contributed by atoms with Crippen molar-refractivity contribution in [3.8, 4) is 5.75 Å².